The van der Waals surface area contributed by atoms with E-state index in [9.17, 15) is 4.79 Å². The number of hydrogen-bond acceptors (Lipinski definition) is 5. The van der Waals surface area contributed by atoms with Crippen LogP contribution in [0.4, 0.5) is 0 Å². The third-order valence-electron chi connectivity index (χ3n) is 7.83. The molecule has 1 aliphatic carbocycles. The Morgan fingerprint density at radius 1 is 1.07 bits per heavy atom. The Bertz CT molecular complexity index is 1470. The number of nitrogens with zero attached hydrogens (tertiary/aromatic N) is 2. The lowest BCUT2D eigenvalue weighted by atomic mass is 9.89. The van der Waals surface area contributed by atoms with Gasteiger partial charge in [-0.1, -0.05) is 55.1 Å². The first-order chi connectivity index (χ1) is 19.5. The van der Waals surface area contributed by atoms with Gasteiger partial charge in [-0.3, -0.25) is 4.79 Å². The predicted octanol–water partition coefficient (Wildman–Crippen LogP) is 7.81. The van der Waals surface area contributed by atoms with Crippen LogP contribution in [0.2, 0.25) is 5.02 Å². The first kappa shape index (κ1) is 28.2. The van der Waals surface area contributed by atoms with Crippen LogP contribution in [0.25, 0.3) is 22.0 Å². The average Bonchev–Trinajstić information content (AvgIpc) is 3.60. The molecule has 1 saturated carbocycles. The van der Waals surface area contributed by atoms with Crippen molar-refractivity contribution < 1.29 is 14.3 Å². The monoisotopic (exact) mass is 577 g/mol. The van der Waals surface area contributed by atoms with Crippen LogP contribution < -0.4 is 14.8 Å². The van der Waals surface area contributed by atoms with Gasteiger partial charge in [-0.15, -0.1) is 11.3 Å². The van der Waals surface area contributed by atoms with E-state index in [1.54, 1.807) is 25.6 Å². The van der Waals surface area contributed by atoms with E-state index in [1.165, 1.54) is 32.1 Å². The molecule has 2 heterocycles. The molecule has 0 atom stereocenters. The fourth-order valence-electron chi connectivity index (χ4n) is 5.53. The molecular formula is C32H36ClN3O3S. The number of aromatic nitrogens is 2. The van der Waals surface area contributed by atoms with Crippen LogP contribution in [0, 0.1) is 12.8 Å². The minimum Gasteiger partial charge on any atom is -0.493 e. The van der Waals surface area contributed by atoms with Gasteiger partial charge in [0.15, 0.2) is 11.5 Å². The molecule has 0 unspecified atom stereocenters. The highest BCUT2D eigenvalue weighted by Gasteiger charge is 2.22. The summed E-state index contributed by atoms with van der Waals surface area (Å²) in [4.78, 5) is 18.4. The molecule has 8 heteroatoms. The zero-order chi connectivity index (χ0) is 28.1. The molecule has 210 valence electrons. The summed E-state index contributed by atoms with van der Waals surface area (Å²) in [5.74, 6) is 1.96. The minimum absolute atomic E-state index is 0.0178. The molecule has 1 N–H and O–H groups in total. The Morgan fingerprint density at radius 3 is 2.60 bits per heavy atom. The number of methoxy groups -OCH3 is 2. The van der Waals surface area contributed by atoms with Crippen LogP contribution in [0.3, 0.4) is 0 Å². The molecule has 4 aromatic rings. The molecule has 1 amide bonds. The summed E-state index contributed by atoms with van der Waals surface area (Å²) in [6.07, 6.45) is 6.97. The van der Waals surface area contributed by atoms with Gasteiger partial charge in [0.05, 0.1) is 36.2 Å². The SMILES string of the molecule is COc1ccc(CCn2c(-c3csc(-c4ccccc4Cl)n3)cc(C(=O)NCC3CCCCC3)c2C)cc1OC. The summed E-state index contributed by atoms with van der Waals surface area (Å²) in [6.45, 7) is 3.44. The van der Waals surface area contributed by atoms with Crippen molar-refractivity contribution in [3.63, 3.8) is 0 Å². The number of carbonyl (C=O) groups is 1. The summed E-state index contributed by atoms with van der Waals surface area (Å²) in [5, 5.41) is 6.80. The second kappa shape index (κ2) is 12.9. The number of ether oxygens (including phenoxy) is 2. The molecule has 1 aliphatic rings. The number of thiazole rings is 1. The normalized spacial score (nSPS) is 13.8. The van der Waals surface area contributed by atoms with Crippen molar-refractivity contribution in [2.75, 3.05) is 20.8 Å². The zero-order valence-electron chi connectivity index (χ0n) is 23.3. The largest absolute Gasteiger partial charge is 0.493 e. The lowest BCUT2D eigenvalue weighted by Gasteiger charge is -2.21. The third-order valence-corrected chi connectivity index (χ3v) is 9.04. The van der Waals surface area contributed by atoms with Gasteiger partial charge in [-0.25, -0.2) is 4.98 Å². The van der Waals surface area contributed by atoms with Gasteiger partial charge in [0.1, 0.15) is 5.01 Å². The Hall–Kier alpha value is -3.29. The van der Waals surface area contributed by atoms with Crippen molar-refractivity contribution in [1.82, 2.24) is 14.9 Å². The van der Waals surface area contributed by atoms with Crippen molar-refractivity contribution in [3.05, 3.63) is 75.8 Å². The van der Waals surface area contributed by atoms with Crippen LogP contribution >= 0.6 is 22.9 Å². The van der Waals surface area contributed by atoms with Crippen molar-refractivity contribution in [3.8, 4) is 33.5 Å². The summed E-state index contributed by atoms with van der Waals surface area (Å²) in [5.41, 5.74) is 5.42. The number of rotatable bonds is 10. The van der Waals surface area contributed by atoms with Crippen LogP contribution in [0.5, 0.6) is 11.5 Å². The Kier molecular flexibility index (Phi) is 9.12. The number of carbonyl (C=O) groups excluding carboxylic acids is 1. The maximum Gasteiger partial charge on any atom is 0.253 e. The fourth-order valence-corrected chi connectivity index (χ4v) is 6.66. The Labute approximate surface area is 245 Å². The third kappa shape index (κ3) is 6.21. The standard InChI is InChI=1S/C32H36ClN3O3S/c1-21-25(31(37)34-19-23-9-5-4-6-10-23)18-28(27-20-40-32(35-27)24-11-7-8-12-26(24)33)36(21)16-15-22-13-14-29(38-2)30(17-22)39-3/h7-8,11-14,17-18,20,23H,4-6,9-10,15-16,19H2,1-3H3,(H,34,37). The van der Waals surface area contributed by atoms with E-state index in [0.29, 0.717) is 34.5 Å². The molecule has 0 saturated heterocycles. The molecule has 0 spiro atoms. The topological polar surface area (TPSA) is 65.4 Å². The maximum atomic E-state index is 13.4. The minimum atomic E-state index is -0.0178. The van der Waals surface area contributed by atoms with Gasteiger partial charge in [-0.05, 0) is 61.9 Å². The van der Waals surface area contributed by atoms with Gasteiger partial charge in [0.2, 0.25) is 0 Å². The lowest BCUT2D eigenvalue weighted by Crippen LogP contribution is -2.30. The molecule has 0 aliphatic heterocycles. The molecule has 40 heavy (non-hydrogen) atoms. The quantitative estimate of drug-likeness (QED) is 0.209. The van der Waals surface area contributed by atoms with Crippen LogP contribution in [-0.4, -0.2) is 36.2 Å². The summed E-state index contributed by atoms with van der Waals surface area (Å²) in [6, 6.07) is 15.7. The molecule has 2 aromatic heterocycles. The molecule has 0 radical (unpaired) electrons. The number of halogens is 1. The molecule has 5 rings (SSSR count). The zero-order valence-corrected chi connectivity index (χ0v) is 24.9. The van der Waals surface area contributed by atoms with Crippen molar-refractivity contribution in [2.24, 2.45) is 5.92 Å². The second-order valence-electron chi connectivity index (χ2n) is 10.4. The summed E-state index contributed by atoms with van der Waals surface area (Å²) in [7, 11) is 3.28. The van der Waals surface area contributed by atoms with Crippen LogP contribution in [0.1, 0.15) is 53.7 Å². The molecular weight excluding hydrogens is 542 g/mol. The lowest BCUT2D eigenvalue weighted by molar-refractivity contribution is 0.0943. The summed E-state index contributed by atoms with van der Waals surface area (Å²) < 4.78 is 13.1. The van der Waals surface area contributed by atoms with Crippen molar-refractivity contribution in [1.29, 1.82) is 0 Å². The fraction of sp³-hybridized carbons (Fsp3) is 0.375. The van der Waals surface area contributed by atoms with E-state index in [0.717, 1.165) is 46.2 Å². The van der Waals surface area contributed by atoms with Gasteiger partial charge < -0.3 is 19.4 Å². The van der Waals surface area contributed by atoms with E-state index in [1.807, 2.05) is 54.8 Å². The van der Waals surface area contributed by atoms with Crippen molar-refractivity contribution >= 4 is 28.8 Å². The molecule has 2 aromatic carbocycles. The number of amides is 1. The highest BCUT2D eigenvalue weighted by molar-refractivity contribution is 7.13. The average molecular weight is 578 g/mol. The number of aryl methyl sites for hydroxylation is 1. The number of hydrogen-bond donors (Lipinski definition) is 1. The first-order valence-corrected chi connectivity index (χ1v) is 15.1. The smallest absolute Gasteiger partial charge is 0.253 e. The van der Waals surface area contributed by atoms with Gasteiger partial charge in [0.25, 0.3) is 5.91 Å². The highest BCUT2D eigenvalue weighted by Crippen LogP contribution is 2.35. The molecule has 0 bridgehead atoms. The van der Waals surface area contributed by atoms with Gasteiger partial charge in [0, 0.05) is 29.7 Å². The first-order valence-electron chi connectivity index (χ1n) is 13.9. The number of nitrogens with one attached hydrogen (secondary N) is 1. The Balaban J connectivity index is 1.44. The van der Waals surface area contributed by atoms with Gasteiger partial charge in [-0.2, -0.15) is 0 Å². The molecule has 6 nitrogen and oxygen atoms in total. The van der Waals surface area contributed by atoms with Crippen molar-refractivity contribution in [2.45, 2.75) is 52.0 Å². The van der Waals surface area contributed by atoms with E-state index >= 15 is 0 Å². The predicted molar refractivity (Wildman–Crippen MR) is 163 cm³/mol. The van der Waals surface area contributed by atoms with E-state index < -0.39 is 0 Å². The maximum absolute atomic E-state index is 13.4. The number of benzene rings is 2. The van der Waals surface area contributed by atoms with E-state index in [4.69, 9.17) is 26.1 Å². The Morgan fingerprint density at radius 2 is 1.85 bits per heavy atom. The second-order valence-corrected chi connectivity index (χ2v) is 11.6. The van der Waals surface area contributed by atoms with Crippen LogP contribution in [-0.2, 0) is 13.0 Å². The summed E-state index contributed by atoms with van der Waals surface area (Å²) >= 11 is 8.02. The van der Waals surface area contributed by atoms with Crippen LogP contribution in [0.15, 0.2) is 53.9 Å². The van der Waals surface area contributed by atoms with E-state index in [2.05, 4.69) is 16.0 Å². The van der Waals surface area contributed by atoms with E-state index in [-0.39, 0.29) is 5.91 Å². The highest BCUT2D eigenvalue weighted by atomic mass is 35.5. The van der Waals surface area contributed by atoms with Gasteiger partial charge >= 0.3 is 0 Å². The molecule has 1 fully saturated rings.